The first-order chi connectivity index (χ1) is 22.4. The zero-order valence-corrected chi connectivity index (χ0v) is 26.8. The van der Waals surface area contributed by atoms with E-state index in [9.17, 15) is 4.79 Å². The fraction of sp³-hybridized carbons (Fsp3) is 0.429. The fourth-order valence-electron chi connectivity index (χ4n) is 5.72. The van der Waals surface area contributed by atoms with Crippen molar-refractivity contribution in [3.63, 3.8) is 0 Å². The molecular formula is C35H42N6O5. The van der Waals surface area contributed by atoms with Crippen LogP contribution in [0, 0.1) is 5.41 Å². The summed E-state index contributed by atoms with van der Waals surface area (Å²) in [5.74, 6) is 2.45. The molecule has 2 fully saturated rings. The van der Waals surface area contributed by atoms with Crippen LogP contribution >= 0.6 is 0 Å². The van der Waals surface area contributed by atoms with Crippen LogP contribution in [0.25, 0.3) is 10.9 Å². The van der Waals surface area contributed by atoms with Gasteiger partial charge in [-0.2, -0.15) is 0 Å². The maximum Gasteiger partial charge on any atom is 0.275 e. The van der Waals surface area contributed by atoms with Crippen molar-refractivity contribution in [1.82, 2.24) is 19.9 Å². The van der Waals surface area contributed by atoms with Crippen molar-refractivity contribution in [3.8, 4) is 23.0 Å². The third-order valence-electron chi connectivity index (χ3n) is 8.63. The van der Waals surface area contributed by atoms with Crippen LogP contribution in [-0.2, 0) is 4.74 Å². The molecule has 3 aromatic heterocycles. The molecule has 0 radical (unpaired) electrons. The van der Waals surface area contributed by atoms with Crippen LogP contribution in [0.15, 0.2) is 61.1 Å². The Labute approximate surface area is 269 Å². The molecule has 2 aliphatic heterocycles. The van der Waals surface area contributed by atoms with Crippen LogP contribution in [0.3, 0.4) is 0 Å². The lowest BCUT2D eigenvalue weighted by Gasteiger charge is -2.38. The van der Waals surface area contributed by atoms with E-state index in [2.05, 4.69) is 43.9 Å². The topological polar surface area (TPSA) is 111 Å². The van der Waals surface area contributed by atoms with Gasteiger partial charge in [0.2, 0.25) is 0 Å². The third kappa shape index (κ3) is 7.83. The molecule has 242 valence electrons. The second kappa shape index (κ2) is 14.3. The van der Waals surface area contributed by atoms with Crippen LogP contribution in [0.5, 0.6) is 23.0 Å². The number of pyridine rings is 3. The number of carbonyl (C=O) groups excluding carboxylic acids is 1. The van der Waals surface area contributed by atoms with Gasteiger partial charge in [0.15, 0.2) is 11.5 Å². The lowest BCUT2D eigenvalue weighted by Crippen LogP contribution is -2.37. The summed E-state index contributed by atoms with van der Waals surface area (Å²) >= 11 is 0. The Bertz CT molecular complexity index is 1630. The van der Waals surface area contributed by atoms with Gasteiger partial charge in [-0.15, -0.1) is 0 Å². The minimum absolute atomic E-state index is 0.313. The lowest BCUT2D eigenvalue weighted by molar-refractivity contribution is 0.0357. The van der Waals surface area contributed by atoms with Crippen LogP contribution in [0.2, 0.25) is 0 Å². The summed E-state index contributed by atoms with van der Waals surface area (Å²) in [4.78, 5) is 31.0. The van der Waals surface area contributed by atoms with E-state index in [1.807, 2.05) is 24.3 Å². The van der Waals surface area contributed by atoms with E-state index >= 15 is 0 Å². The molecular weight excluding hydrogens is 584 g/mol. The van der Waals surface area contributed by atoms with E-state index in [0.29, 0.717) is 46.5 Å². The number of hydrogen-bond acceptors (Lipinski definition) is 10. The normalized spacial score (nSPS) is 16.6. The van der Waals surface area contributed by atoms with Crippen LogP contribution in [0.4, 0.5) is 11.5 Å². The number of anilines is 2. The molecule has 1 N–H and O–H groups in total. The lowest BCUT2D eigenvalue weighted by atomic mass is 9.82. The van der Waals surface area contributed by atoms with E-state index < -0.39 is 0 Å². The largest absolute Gasteiger partial charge is 0.493 e. The number of morpholine rings is 1. The number of aromatic nitrogens is 3. The van der Waals surface area contributed by atoms with Gasteiger partial charge in [0.1, 0.15) is 23.0 Å². The van der Waals surface area contributed by atoms with Crippen molar-refractivity contribution >= 4 is 28.3 Å². The highest BCUT2D eigenvalue weighted by Gasteiger charge is 2.26. The maximum atomic E-state index is 13.0. The average molecular weight is 627 g/mol. The molecule has 5 heterocycles. The smallest absolute Gasteiger partial charge is 0.275 e. The molecule has 0 atom stereocenters. The summed E-state index contributed by atoms with van der Waals surface area (Å²) in [6, 6.07) is 12.8. The molecule has 46 heavy (non-hydrogen) atoms. The van der Waals surface area contributed by atoms with Gasteiger partial charge in [-0.25, -0.2) is 4.98 Å². The quantitative estimate of drug-likeness (QED) is 0.205. The number of methoxy groups -OCH3 is 1. The Morgan fingerprint density at radius 1 is 0.935 bits per heavy atom. The van der Waals surface area contributed by atoms with E-state index in [1.165, 1.54) is 0 Å². The second-order valence-corrected chi connectivity index (χ2v) is 12.5. The summed E-state index contributed by atoms with van der Waals surface area (Å²) in [7, 11) is 1.62. The molecule has 2 aliphatic rings. The number of ether oxygens (including phenoxy) is 4. The Balaban J connectivity index is 1.07. The minimum atomic E-state index is -0.313. The van der Waals surface area contributed by atoms with E-state index in [0.717, 1.165) is 81.8 Å². The van der Waals surface area contributed by atoms with Gasteiger partial charge in [-0.3, -0.25) is 19.7 Å². The molecule has 6 rings (SSSR count). The molecule has 0 aliphatic carbocycles. The van der Waals surface area contributed by atoms with Gasteiger partial charge in [-0.05, 0) is 61.1 Å². The number of hydrogen-bond donors (Lipinski definition) is 1. The number of nitrogens with zero attached hydrogens (tertiary/aromatic N) is 5. The predicted octanol–water partition coefficient (Wildman–Crippen LogP) is 5.81. The molecule has 2 saturated heterocycles. The molecule has 4 aromatic rings. The van der Waals surface area contributed by atoms with Gasteiger partial charge in [0.25, 0.3) is 5.91 Å². The summed E-state index contributed by atoms with van der Waals surface area (Å²) in [6.07, 6.45) is 8.09. The number of benzene rings is 1. The zero-order chi connectivity index (χ0) is 31.9. The third-order valence-corrected chi connectivity index (χ3v) is 8.63. The molecule has 0 unspecified atom stereocenters. The second-order valence-electron chi connectivity index (χ2n) is 12.5. The zero-order valence-electron chi connectivity index (χ0n) is 26.8. The van der Waals surface area contributed by atoms with Crippen molar-refractivity contribution < 1.29 is 23.7 Å². The SMILES string of the molecule is COc1cc2c(Oc3ccc(NC(=O)c4cc(N5CCC(C)(C)CC5)ccn4)nc3)ccnc2cc1OCCCN1CCOCC1. The highest BCUT2D eigenvalue weighted by Crippen LogP contribution is 2.37. The number of rotatable bonds is 11. The van der Waals surface area contributed by atoms with Crippen LogP contribution < -0.4 is 24.4 Å². The summed E-state index contributed by atoms with van der Waals surface area (Å²) in [5, 5.41) is 3.63. The first kappa shape index (κ1) is 31.5. The van der Waals surface area contributed by atoms with E-state index in [4.69, 9.17) is 18.9 Å². The summed E-state index contributed by atoms with van der Waals surface area (Å²) in [5.41, 5.74) is 2.43. The van der Waals surface area contributed by atoms with Crippen molar-refractivity contribution in [1.29, 1.82) is 0 Å². The minimum Gasteiger partial charge on any atom is -0.493 e. The Hall–Kier alpha value is -4.48. The van der Waals surface area contributed by atoms with Crippen molar-refractivity contribution in [2.45, 2.75) is 33.1 Å². The molecule has 0 bridgehead atoms. The van der Waals surface area contributed by atoms with Gasteiger partial charge in [0, 0.05) is 62.3 Å². The van der Waals surface area contributed by atoms with Crippen LogP contribution in [0.1, 0.15) is 43.6 Å². The van der Waals surface area contributed by atoms with Gasteiger partial charge in [0.05, 0.1) is 38.6 Å². The standard InChI is InChI=1S/C35H42N6O5/c1-35(2)9-14-41(15-10-35)25-7-11-37-29(21-25)34(42)39-33-6-5-26(24-38-33)46-30-8-12-36-28-23-32(31(43-3)22-27(28)30)45-18-4-13-40-16-19-44-20-17-40/h5-8,11-12,21-24H,4,9-10,13-20H2,1-3H3,(H,38,39,42). The Kier molecular flexibility index (Phi) is 9.79. The average Bonchev–Trinajstić information content (AvgIpc) is 3.08. The first-order valence-corrected chi connectivity index (χ1v) is 15.9. The van der Waals surface area contributed by atoms with Gasteiger partial charge >= 0.3 is 0 Å². The van der Waals surface area contributed by atoms with Crippen molar-refractivity contribution in [3.05, 3.63) is 66.7 Å². The molecule has 0 spiro atoms. The van der Waals surface area contributed by atoms with Crippen molar-refractivity contribution in [2.75, 3.05) is 69.9 Å². The first-order valence-electron chi connectivity index (χ1n) is 15.9. The number of piperidine rings is 1. The monoisotopic (exact) mass is 626 g/mol. The molecule has 11 nitrogen and oxygen atoms in total. The number of carbonyl (C=O) groups is 1. The van der Waals surface area contributed by atoms with Gasteiger partial charge in [-0.1, -0.05) is 13.8 Å². The summed E-state index contributed by atoms with van der Waals surface area (Å²) in [6.45, 7) is 11.6. The number of nitrogens with one attached hydrogen (secondary N) is 1. The molecule has 0 saturated carbocycles. The number of fused-ring (bicyclic) bond motifs is 1. The van der Waals surface area contributed by atoms with E-state index in [1.54, 1.807) is 43.9 Å². The molecule has 1 amide bonds. The fourth-order valence-corrected chi connectivity index (χ4v) is 5.72. The molecule has 1 aromatic carbocycles. The highest BCUT2D eigenvalue weighted by molar-refractivity contribution is 6.02. The highest BCUT2D eigenvalue weighted by atomic mass is 16.5. The van der Waals surface area contributed by atoms with E-state index in [-0.39, 0.29) is 5.91 Å². The Morgan fingerprint density at radius 2 is 1.74 bits per heavy atom. The number of amides is 1. The Morgan fingerprint density at radius 3 is 2.50 bits per heavy atom. The molecule has 11 heteroatoms. The predicted molar refractivity (Wildman–Crippen MR) is 177 cm³/mol. The maximum absolute atomic E-state index is 13.0. The summed E-state index contributed by atoms with van der Waals surface area (Å²) < 4.78 is 23.4. The van der Waals surface area contributed by atoms with Crippen LogP contribution in [-0.4, -0.2) is 85.4 Å². The van der Waals surface area contributed by atoms with Gasteiger partial charge < -0.3 is 29.2 Å². The van der Waals surface area contributed by atoms with Crippen molar-refractivity contribution in [2.24, 2.45) is 5.41 Å².